The van der Waals surface area contributed by atoms with E-state index in [1.807, 2.05) is 36.4 Å². The van der Waals surface area contributed by atoms with E-state index in [0.29, 0.717) is 10.9 Å². The smallest absolute Gasteiger partial charge is 0.194 e. The average molecular weight is 208 g/mol. The Morgan fingerprint density at radius 3 is 2.38 bits per heavy atom. The molecule has 0 bridgehead atoms. The molecule has 2 aromatic carbocycles. The van der Waals surface area contributed by atoms with Gasteiger partial charge in [0.05, 0.1) is 0 Å². The summed E-state index contributed by atoms with van der Waals surface area (Å²) >= 11 is 0. The van der Waals surface area contributed by atoms with Crippen molar-refractivity contribution in [2.24, 2.45) is 0 Å². The van der Waals surface area contributed by atoms with Crippen molar-refractivity contribution < 1.29 is 0 Å². The van der Waals surface area contributed by atoms with E-state index >= 15 is 0 Å². The highest BCUT2D eigenvalue weighted by atomic mass is 16.1. The lowest BCUT2D eigenvalue weighted by Crippen LogP contribution is -2.03. The lowest BCUT2D eigenvalue weighted by atomic mass is 10.1. The summed E-state index contributed by atoms with van der Waals surface area (Å²) in [6.45, 7) is 7.40. The van der Waals surface area contributed by atoms with Gasteiger partial charge >= 0.3 is 0 Å². The van der Waals surface area contributed by atoms with Gasteiger partial charge in [-0.05, 0) is 10.9 Å². The summed E-state index contributed by atoms with van der Waals surface area (Å²) in [6.07, 6.45) is 3.27. The van der Waals surface area contributed by atoms with Gasteiger partial charge in [0.25, 0.3) is 0 Å². The standard InChI is InChI=1S/C15H12O/c1-3-11-9-10-12-7-5-6-8-14(12)15(16)13(11)4-2/h3-10H,1-2H2. The van der Waals surface area contributed by atoms with Crippen LogP contribution in [0.1, 0.15) is 11.1 Å². The minimum absolute atomic E-state index is 0.00509. The van der Waals surface area contributed by atoms with Gasteiger partial charge < -0.3 is 0 Å². The average Bonchev–Trinajstić information content (AvgIpc) is 2.46. The van der Waals surface area contributed by atoms with Crippen LogP contribution in [0.3, 0.4) is 0 Å². The molecule has 0 spiro atoms. The third-order valence-electron chi connectivity index (χ3n) is 2.63. The number of fused-ring (bicyclic) bond motifs is 1. The van der Waals surface area contributed by atoms with Gasteiger partial charge in [-0.25, -0.2) is 0 Å². The second-order valence-corrected chi connectivity index (χ2v) is 3.53. The molecule has 0 atom stereocenters. The van der Waals surface area contributed by atoms with E-state index in [-0.39, 0.29) is 5.43 Å². The molecule has 0 N–H and O–H groups in total. The summed E-state index contributed by atoms with van der Waals surface area (Å²) in [5.41, 5.74) is 1.43. The van der Waals surface area contributed by atoms with Crippen molar-refractivity contribution in [1.29, 1.82) is 0 Å². The first-order chi connectivity index (χ1) is 7.77. The van der Waals surface area contributed by atoms with Crippen molar-refractivity contribution in [1.82, 2.24) is 0 Å². The molecule has 0 fully saturated rings. The van der Waals surface area contributed by atoms with Gasteiger partial charge in [-0.3, -0.25) is 4.79 Å². The first-order valence-electron chi connectivity index (χ1n) is 5.09. The summed E-state index contributed by atoms with van der Waals surface area (Å²) in [6, 6.07) is 11.4. The first-order valence-corrected chi connectivity index (χ1v) is 5.09. The monoisotopic (exact) mass is 208 g/mol. The van der Waals surface area contributed by atoms with E-state index in [1.165, 1.54) is 0 Å². The molecule has 2 rings (SSSR count). The molecule has 0 heterocycles. The van der Waals surface area contributed by atoms with Crippen LogP contribution in [0.4, 0.5) is 0 Å². The molecule has 0 radical (unpaired) electrons. The van der Waals surface area contributed by atoms with Gasteiger partial charge in [-0.15, -0.1) is 0 Å². The Balaban J connectivity index is 3.06. The van der Waals surface area contributed by atoms with E-state index in [4.69, 9.17) is 0 Å². The maximum atomic E-state index is 12.2. The molecule has 16 heavy (non-hydrogen) atoms. The van der Waals surface area contributed by atoms with Gasteiger partial charge in [0.15, 0.2) is 5.43 Å². The molecular formula is C15H12O. The number of hydrogen-bond acceptors (Lipinski definition) is 1. The molecule has 0 amide bonds. The highest BCUT2D eigenvalue weighted by Gasteiger charge is 2.03. The van der Waals surface area contributed by atoms with Crippen molar-refractivity contribution in [3.63, 3.8) is 0 Å². The molecule has 1 heteroatoms. The van der Waals surface area contributed by atoms with Crippen molar-refractivity contribution in [3.8, 4) is 0 Å². The minimum Gasteiger partial charge on any atom is -0.289 e. The SMILES string of the molecule is C=Cc1ccc2ccccc2c(=O)c1C=C. The molecule has 78 valence electrons. The number of rotatable bonds is 2. The highest BCUT2D eigenvalue weighted by molar-refractivity contribution is 5.84. The Hall–Kier alpha value is -2.15. The van der Waals surface area contributed by atoms with Crippen molar-refractivity contribution in [3.05, 3.63) is 70.9 Å². The van der Waals surface area contributed by atoms with Gasteiger partial charge in [0.1, 0.15) is 0 Å². The lowest BCUT2D eigenvalue weighted by molar-refractivity contribution is 1.63. The number of hydrogen-bond donors (Lipinski definition) is 0. The van der Waals surface area contributed by atoms with Crippen LogP contribution < -0.4 is 5.43 Å². The predicted octanol–water partition coefficient (Wildman–Crippen LogP) is 3.49. The largest absolute Gasteiger partial charge is 0.289 e. The zero-order chi connectivity index (χ0) is 11.5. The molecule has 0 aliphatic heterocycles. The predicted molar refractivity (Wildman–Crippen MR) is 70.4 cm³/mol. The van der Waals surface area contributed by atoms with Crippen LogP contribution in [0.15, 0.2) is 54.4 Å². The van der Waals surface area contributed by atoms with Gasteiger partial charge in [-0.2, -0.15) is 0 Å². The second-order valence-electron chi connectivity index (χ2n) is 3.53. The maximum Gasteiger partial charge on any atom is 0.194 e. The van der Waals surface area contributed by atoms with E-state index in [9.17, 15) is 4.79 Å². The zero-order valence-corrected chi connectivity index (χ0v) is 8.94. The third kappa shape index (κ3) is 1.57. The van der Waals surface area contributed by atoms with Crippen LogP contribution in [-0.4, -0.2) is 0 Å². The topological polar surface area (TPSA) is 17.1 Å². The van der Waals surface area contributed by atoms with Crippen LogP contribution in [-0.2, 0) is 0 Å². The fourth-order valence-electron chi connectivity index (χ4n) is 1.78. The van der Waals surface area contributed by atoms with Crippen molar-refractivity contribution >= 4 is 22.9 Å². The van der Waals surface area contributed by atoms with Crippen LogP contribution in [0.2, 0.25) is 0 Å². The Morgan fingerprint density at radius 2 is 1.69 bits per heavy atom. The molecule has 0 aliphatic rings. The quantitative estimate of drug-likeness (QED) is 0.738. The Bertz CT molecular complexity index is 624. The summed E-state index contributed by atoms with van der Waals surface area (Å²) in [5, 5.41) is 1.65. The molecule has 2 aromatic rings. The highest BCUT2D eigenvalue weighted by Crippen LogP contribution is 2.13. The molecule has 0 unspecified atom stereocenters. The van der Waals surface area contributed by atoms with Crippen molar-refractivity contribution in [2.75, 3.05) is 0 Å². The van der Waals surface area contributed by atoms with E-state index < -0.39 is 0 Å². The fourth-order valence-corrected chi connectivity index (χ4v) is 1.78. The van der Waals surface area contributed by atoms with Crippen molar-refractivity contribution in [2.45, 2.75) is 0 Å². The van der Waals surface area contributed by atoms with E-state index in [1.54, 1.807) is 12.2 Å². The Labute approximate surface area is 94.4 Å². The van der Waals surface area contributed by atoms with E-state index in [0.717, 1.165) is 10.9 Å². The summed E-state index contributed by atoms with van der Waals surface area (Å²) < 4.78 is 0. The number of benzene rings is 1. The Morgan fingerprint density at radius 1 is 0.938 bits per heavy atom. The second kappa shape index (κ2) is 4.15. The summed E-state index contributed by atoms with van der Waals surface area (Å²) in [7, 11) is 0. The van der Waals surface area contributed by atoms with Gasteiger partial charge in [0, 0.05) is 10.9 Å². The van der Waals surface area contributed by atoms with Gasteiger partial charge in [0.2, 0.25) is 0 Å². The van der Waals surface area contributed by atoms with Gasteiger partial charge in [-0.1, -0.05) is 61.7 Å². The molecule has 0 saturated heterocycles. The molecule has 0 saturated carbocycles. The van der Waals surface area contributed by atoms with Crippen LogP contribution in [0.25, 0.3) is 22.9 Å². The van der Waals surface area contributed by atoms with Crippen LogP contribution >= 0.6 is 0 Å². The fraction of sp³-hybridized carbons (Fsp3) is 0. The van der Waals surface area contributed by atoms with Crippen LogP contribution in [0.5, 0.6) is 0 Å². The first kappa shape index (κ1) is 10.4. The Kier molecular flexibility index (Phi) is 2.69. The molecular weight excluding hydrogens is 196 g/mol. The summed E-state index contributed by atoms with van der Waals surface area (Å²) in [5.74, 6) is 0. The minimum atomic E-state index is 0.00509. The normalized spacial score (nSPS) is 10.0. The molecule has 1 nitrogen and oxygen atoms in total. The lowest BCUT2D eigenvalue weighted by Gasteiger charge is -1.92. The zero-order valence-electron chi connectivity index (χ0n) is 8.94. The molecule has 0 aromatic heterocycles. The van der Waals surface area contributed by atoms with E-state index in [2.05, 4.69) is 13.2 Å². The molecule has 0 aliphatic carbocycles. The van der Waals surface area contributed by atoms with Crippen LogP contribution in [0, 0.1) is 0 Å². The third-order valence-corrected chi connectivity index (χ3v) is 2.63. The summed E-state index contributed by atoms with van der Waals surface area (Å²) in [4.78, 5) is 12.2. The maximum absolute atomic E-state index is 12.2.